The molecule has 0 aromatic rings. The van der Waals surface area contributed by atoms with Gasteiger partial charge in [-0.3, -0.25) is 14.6 Å². The van der Waals surface area contributed by atoms with Gasteiger partial charge in [0.25, 0.3) is 0 Å². The lowest BCUT2D eigenvalue weighted by Gasteiger charge is -2.21. The zero-order valence-electron chi connectivity index (χ0n) is 23.7. The van der Waals surface area contributed by atoms with Crippen LogP contribution in [0, 0.1) is 5.92 Å². The summed E-state index contributed by atoms with van der Waals surface area (Å²) in [5.74, 6) is -0.126. The van der Waals surface area contributed by atoms with Gasteiger partial charge in [0, 0.05) is 13.1 Å². The van der Waals surface area contributed by atoms with Crippen molar-refractivity contribution in [1.29, 1.82) is 0 Å². The zero-order valence-corrected chi connectivity index (χ0v) is 23.7. The lowest BCUT2D eigenvalue weighted by Crippen LogP contribution is -2.52. The van der Waals surface area contributed by atoms with E-state index in [1.807, 2.05) is 13.8 Å². The van der Waals surface area contributed by atoms with Crippen LogP contribution in [-0.2, 0) is 9.59 Å². The highest BCUT2D eigenvalue weighted by atomic mass is 16.2. The lowest BCUT2D eigenvalue weighted by molar-refractivity contribution is -0.130. The van der Waals surface area contributed by atoms with Crippen molar-refractivity contribution < 1.29 is 9.59 Å². The maximum absolute atomic E-state index is 12.7. The molecule has 0 fully saturated rings. The number of nitrogens with zero attached hydrogens (tertiary/aromatic N) is 1. The third-order valence-corrected chi connectivity index (χ3v) is 6.47. The number of carbonyl (C=O) groups is 2. The molecule has 2 amide bonds. The van der Waals surface area contributed by atoms with Gasteiger partial charge >= 0.3 is 0 Å². The van der Waals surface area contributed by atoms with E-state index in [2.05, 4.69) is 22.5 Å². The van der Waals surface area contributed by atoms with E-state index in [4.69, 9.17) is 17.2 Å². The average Bonchev–Trinajstić information content (AvgIpc) is 2.82. The van der Waals surface area contributed by atoms with E-state index in [1.54, 1.807) is 0 Å². The normalized spacial score (nSPS) is 12.8. The molecule has 0 spiro atoms. The minimum absolute atomic E-state index is 0.0248. The summed E-state index contributed by atoms with van der Waals surface area (Å²) in [4.78, 5) is 29.2. The molecule has 0 aromatic carbocycles. The summed E-state index contributed by atoms with van der Waals surface area (Å²) in [6.07, 6.45) is 19.8. The molecule has 0 saturated heterocycles. The number of rotatable bonds is 24. The number of nitrogens with two attached hydrogens (primary N) is 3. The summed E-state index contributed by atoms with van der Waals surface area (Å²) in [7, 11) is 0. The van der Waals surface area contributed by atoms with E-state index in [1.165, 1.54) is 77.0 Å². The van der Waals surface area contributed by atoms with Crippen LogP contribution in [0.1, 0.15) is 130 Å². The van der Waals surface area contributed by atoms with Crippen LogP contribution in [0.3, 0.4) is 0 Å². The van der Waals surface area contributed by atoms with Crippen molar-refractivity contribution in [2.75, 3.05) is 13.1 Å². The Kier molecular flexibility index (Phi) is 22.4. The molecule has 8 nitrogen and oxygen atoms in total. The quantitative estimate of drug-likeness (QED) is 0.0736. The van der Waals surface area contributed by atoms with Gasteiger partial charge in [-0.2, -0.15) is 0 Å². The zero-order chi connectivity index (χ0) is 27.0. The Morgan fingerprint density at radius 3 is 1.72 bits per heavy atom. The van der Waals surface area contributed by atoms with Crippen LogP contribution in [0.2, 0.25) is 0 Å². The summed E-state index contributed by atoms with van der Waals surface area (Å²) >= 11 is 0. The molecule has 0 aliphatic heterocycles. The molecule has 0 heterocycles. The molecule has 2 unspecified atom stereocenters. The van der Waals surface area contributed by atoms with Crippen LogP contribution < -0.4 is 27.8 Å². The number of aliphatic imine (C=N–C) groups is 1. The Balaban J connectivity index is 4.06. The minimum Gasteiger partial charge on any atom is -0.370 e. The Labute approximate surface area is 221 Å². The third-order valence-electron chi connectivity index (χ3n) is 6.47. The molecule has 0 bridgehead atoms. The Hall–Kier alpha value is -1.83. The topological polar surface area (TPSA) is 149 Å². The monoisotopic (exact) mass is 510 g/mol. The first-order chi connectivity index (χ1) is 17.3. The molecule has 0 saturated carbocycles. The van der Waals surface area contributed by atoms with E-state index in [0.717, 1.165) is 12.8 Å². The summed E-state index contributed by atoms with van der Waals surface area (Å²) < 4.78 is 0. The first kappa shape index (κ1) is 34.2. The predicted octanol–water partition coefficient (Wildman–Crippen LogP) is 4.50. The van der Waals surface area contributed by atoms with Gasteiger partial charge in [-0.25, -0.2) is 0 Å². The molecule has 212 valence electrons. The fourth-order valence-electron chi connectivity index (χ4n) is 4.32. The van der Waals surface area contributed by atoms with Crippen LogP contribution in [0.4, 0.5) is 0 Å². The van der Waals surface area contributed by atoms with Crippen molar-refractivity contribution in [3.63, 3.8) is 0 Å². The predicted molar refractivity (Wildman–Crippen MR) is 153 cm³/mol. The SMILES string of the molecule is CCCCCCCCCCCCCCCCNC(=O)C(CCCN=C(N)N)NC(=O)C(N)CC(C)C. The summed E-state index contributed by atoms with van der Waals surface area (Å²) in [5, 5.41) is 5.81. The lowest BCUT2D eigenvalue weighted by atomic mass is 10.0. The van der Waals surface area contributed by atoms with Crippen LogP contribution in [0.25, 0.3) is 0 Å². The fourth-order valence-corrected chi connectivity index (χ4v) is 4.32. The summed E-state index contributed by atoms with van der Waals surface area (Å²) in [6, 6.07) is -1.25. The highest BCUT2D eigenvalue weighted by Gasteiger charge is 2.23. The number of unbranched alkanes of at least 4 members (excludes halogenated alkanes) is 13. The highest BCUT2D eigenvalue weighted by molar-refractivity contribution is 5.89. The van der Waals surface area contributed by atoms with Crippen molar-refractivity contribution in [3.05, 3.63) is 0 Å². The first-order valence-corrected chi connectivity index (χ1v) is 14.7. The summed E-state index contributed by atoms with van der Waals surface area (Å²) in [5.41, 5.74) is 16.7. The van der Waals surface area contributed by atoms with Crippen LogP contribution in [0.15, 0.2) is 4.99 Å². The van der Waals surface area contributed by atoms with Crippen molar-refractivity contribution in [3.8, 4) is 0 Å². The van der Waals surface area contributed by atoms with Crippen molar-refractivity contribution in [2.45, 2.75) is 142 Å². The average molecular weight is 511 g/mol. The third kappa shape index (κ3) is 21.5. The summed E-state index contributed by atoms with van der Waals surface area (Å²) in [6.45, 7) is 7.33. The maximum Gasteiger partial charge on any atom is 0.242 e. The van der Waals surface area contributed by atoms with Crippen LogP contribution in [0.5, 0.6) is 0 Å². The van der Waals surface area contributed by atoms with Crippen LogP contribution in [-0.4, -0.2) is 42.9 Å². The Morgan fingerprint density at radius 1 is 0.750 bits per heavy atom. The highest BCUT2D eigenvalue weighted by Crippen LogP contribution is 2.13. The Morgan fingerprint density at radius 2 is 1.25 bits per heavy atom. The smallest absolute Gasteiger partial charge is 0.242 e. The van der Waals surface area contributed by atoms with E-state index in [9.17, 15) is 9.59 Å². The number of guanidine groups is 1. The van der Waals surface area contributed by atoms with Crippen molar-refractivity contribution in [1.82, 2.24) is 10.6 Å². The van der Waals surface area contributed by atoms with E-state index >= 15 is 0 Å². The Bertz CT molecular complexity index is 578. The maximum atomic E-state index is 12.7. The number of carbonyl (C=O) groups excluding carboxylic acids is 2. The van der Waals surface area contributed by atoms with Crippen molar-refractivity contribution in [2.24, 2.45) is 28.1 Å². The second-order valence-electron chi connectivity index (χ2n) is 10.6. The van der Waals surface area contributed by atoms with Gasteiger partial charge in [-0.15, -0.1) is 0 Å². The standard InChI is InChI=1S/C28H58N6O2/c1-4-5-6-7-8-9-10-11-12-13-14-15-16-17-20-32-27(36)25(19-18-21-33-28(30)31)34-26(35)24(29)22-23(2)3/h23-25H,4-22,29H2,1-3H3,(H,32,36)(H,34,35)(H4,30,31,33). The molecule has 8 heteroatoms. The number of hydrogen-bond acceptors (Lipinski definition) is 4. The molecule has 0 aliphatic rings. The molecular weight excluding hydrogens is 452 g/mol. The van der Waals surface area contributed by atoms with Gasteiger partial charge in [0.05, 0.1) is 6.04 Å². The molecule has 0 aliphatic carbocycles. The second-order valence-corrected chi connectivity index (χ2v) is 10.6. The molecule has 0 rings (SSSR count). The molecular formula is C28H58N6O2. The molecule has 2 atom stereocenters. The first-order valence-electron chi connectivity index (χ1n) is 14.7. The van der Waals surface area contributed by atoms with Gasteiger partial charge in [-0.1, -0.05) is 104 Å². The van der Waals surface area contributed by atoms with Gasteiger partial charge in [0.2, 0.25) is 11.8 Å². The molecule has 36 heavy (non-hydrogen) atoms. The fraction of sp³-hybridized carbons (Fsp3) is 0.893. The molecule has 0 aromatic heterocycles. The minimum atomic E-state index is -0.628. The van der Waals surface area contributed by atoms with Gasteiger partial charge in [0.1, 0.15) is 6.04 Å². The van der Waals surface area contributed by atoms with Gasteiger partial charge < -0.3 is 27.8 Å². The van der Waals surface area contributed by atoms with E-state index in [-0.39, 0.29) is 17.8 Å². The molecule has 8 N–H and O–H groups in total. The van der Waals surface area contributed by atoms with Gasteiger partial charge in [-0.05, 0) is 31.6 Å². The number of hydrogen-bond donors (Lipinski definition) is 5. The largest absolute Gasteiger partial charge is 0.370 e. The van der Waals surface area contributed by atoms with Crippen LogP contribution >= 0.6 is 0 Å². The van der Waals surface area contributed by atoms with E-state index < -0.39 is 12.1 Å². The number of amides is 2. The molecule has 0 radical (unpaired) electrons. The van der Waals surface area contributed by atoms with Gasteiger partial charge in [0.15, 0.2) is 5.96 Å². The second kappa shape index (κ2) is 23.6. The van der Waals surface area contributed by atoms with Crippen molar-refractivity contribution >= 4 is 17.8 Å². The number of nitrogens with one attached hydrogen (secondary N) is 2. The van der Waals surface area contributed by atoms with E-state index in [0.29, 0.717) is 38.3 Å².